The molecule has 0 spiro atoms. The highest BCUT2D eigenvalue weighted by atomic mass is 35.5. The Labute approximate surface area is 139 Å². The molecule has 0 bridgehead atoms. The van der Waals surface area contributed by atoms with Gasteiger partial charge in [-0.05, 0) is 36.8 Å². The molecule has 0 aliphatic heterocycles. The molecule has 0 saturated heterocycles. The van der Waals surface area contributed by atoms with Crippen molar-refractivity contribution in [3.63, 3.8) is 0 Å². The minimum absolute atomic E-state index is 0.513. The first-order chi connectivity index (χ1) is 11.2. The molecule has 2 heterocycles. The number of aryl methyl sites for hydroxylation is 1. The summed E-state index contributed by atoms with van der Waals surface area (Å²) in [6.07, 6.45) is 1.74. The van der Waals surface area contributed by atoms with Gasteiger partial charge in [0.05, 0.1) is 22.1 Å². The Balaban J connectivity index is 1.99. The van der Waals surface area contributed by atoms with Gasteiger partial charge in [-0.3, -0.25) is 4.98 Å². The van der Waals surface area contributed by atoms with Crippen LogP contribution in [0.2, 0.25) is 5.02 Å². The van der Waals surface area contributed by atoms with Gasteiger partial charge in [-0.2, -0.15) is 4.98 Å². The van der Waals surface area contributed by atoms with Crippen molar-refractivity contribution in [3.8, 4) is 11.4 Å². The smallest absolute Gasteiger partial charge is 0.225 e. The second-order valence-corrected chi connectivity index (χ2v) is 5.44. The average molecular weight is 326 g/mol. The van der Waals surface area contributed by atoms with Crippen molar-refractivity contribution in [1.29, 1.82) is 0 Å². The Morgan fingerprint density at radius 2 is 1.87 bits per heavy atom. The lowest BCUT2D eigenvalue weighted by atomic mass is 10.2. The first kappa shape index (κ1) is 15.2. The summed E-state index contributed by atoms with van der Waals surface area (Å²) in [4.78, 5) is 13.2. The fourth-order valence-electron chi connectivity index (χ4n) is 2.13. The SMILES string of the molecule is CNc1nc(Nc2ccc(C)cc2Cl)cc(-c2ccccn2)n1. The molecule has 6 heteroatoms. The van der Waals surface area contributed by atoms with Crippen molar-refractivity contribution >= 4 is 29.1 Å². The molecule has 5 nitrogen and oxygen atoms in total. The average Bonchev–Trinajstić information content (AvgIpc) is 2.58. The molecular formula is C17H16ClN5. The summed E-state index contributed by atoms with van der Waals surface area (Å²) in [5.41, 5.74) is 3.42. The van der Waals surface area contributed by atoms with Gasteiger partial charge in [0.25, 0.3) is 0 Å². The zero-order valence-electron chi connectivity index (χ0n) is 12.8. The molecule has 0 unspecified atom stereocenters. The van der Waals surface area contributed by atoms with E-state index < -0.39 is 0 Å². The summed E-state index contributed by atoms with van der Waals surface area (Å²) >= 11 is 6.28. The van der Waals surface area contributed by atoms with E-state index >= 15 is 0 Å². The van der Waals surface area contributed by atoms with E-state index in [9.17, 15) is 0 Å². The van der Waals surface area contributed by atoms with Crippen molar-refractivity contribution in [3.05, 3.63) is 59.2 Å². The Kier molecular flexibility index (Phi) is 4.39. The third-order valence-corrected chi connectivity index (χ3v) is 3.58. The maximum absolute atomic E-state index is 6.28. The van der Waals surface area contributed by atoms with Crippen LogP contribution in [-0.4, -0.2) is 22.0 Å². The van der Waals surface area contributed by atoms with Crippen molar-refractivity contribution in [2.24, 2.45) is 0 Å². The van der Waals surface area contributed by atoms with Crippen LogP contribution in [0.15, 0.2) is 48.7 Å². The molecule has 2 aromatic heterocycles. The van der Waals surface area contributed by atoms with Crippen molar-refractivity contribution in [2.45, 2.75) is 6.92 Å². The van der Waals surface area contributed by atoms with Crippen LogP contribution in [0.3, 0.4) is 0 Å². The van der Waals surface area contributed by atoms with Crippen LogP contribution in [-0.2, 0) is 0 Å². The van der Waals surface area contributed by atoms with E-state index in [1.807, 2.05) is 49.4 Å². The van der Waals surface area contributed by atoms with Gasteiger partial charge in [-0.25, -0.2) is 4.98 Å². The number of anilines is 3. The molecule has 0 amide bonds. The highest BCUT2D eigenvalue weighted by Crippen LogP contribution is 2.27. The monoisotopic (exact) mass is 325 g/mol. The standard InChI is InChI=1S/C17H16ClN5/c1-11-6-7-13(12(18)9-11)21-16-10-15(22-17(19-2)23-16)14-5-3-4-8-20-14/h3-10H,1-2H3,(H2,19,21,22,23). The molecular weight excluding hydrogens is 310 g/mol. The fraction of sp³-hybridized carbons (Fsp3) is 0.118. The van der Waals surface area contributed by atoms with Crippen molar-refractivity contribution < 1.29 is 0 Å². The van der Waals surface area contributed by atoms with E-state index in [0.29, 0.717) is 16.8 Å². The third kappa shape index (κ3) is 3.57. The van der Waals surface area contributed by atoms with Crippen LogP contribution >= 0.6 is 11.6 Å². The number of pyridine rings is 1. The second kappa shape index (κ2) is 6.62. The minimum Gasteiger partial charge on any atom is -0.357 e. The van der Waals surface area contributed by atoms with Gasteiger partial charge in [-0.1, -0.05) is 23.7 Å². The van der Waals surface area contributed by atoms with E-state index in [1.54, 1.807) is 13.2 Å². The Morgan fingerprint density at radius 1 is 1.00 bits per heavy atom. The summed E-state index contributed by atoms with van der Waals surface area (Å²) in [5.74, 6) is 1.16. The van der Waals surface area contributed by atoms with Gasteiger partial charge in [-0.15, -0.1) is 0 Å². The first-order valence-electron chi connectivity index (χ1n) is 7.17. The largest absolute Gasteiger partial charge is 0.357 e. The van der Waals surface area contributed by atoms with Gasteiger partial charge < -0.3 is 10.6 Å². The van der Waals surface area contributed by atoms with Crippen LogP contribution in [0.25, 0.3) is 11.4 Å². The molecule has 3 aromatic rings. The first-order valence-corrected chi connectivity index (χ1v) is 7.55. The Morgan fingerprint density at radius 3 is 2.57 bits per heavy atom. The van der Waals surface area contributed by atoms with E-state index in [-0.39, 0.29) is 0 Å². The van der Waals surface area contributed by atoms with Crippen LogP contribution in [0.4, 0.5) is 17.5 Å². The predicted octanol–water partition coefficient (Wildman–Crippen LogP) is 4.29. The van der Waals surface area contributed by atoms with E-state index in [4.69, 9.17) is 11.6 Å². The highest BCUT2D eigenvalue weighted by Gasteiger charge is 2.08. The topological polar surface area (TPSA) is 62.7 Å². The predicted molar refractivity (Wildman–Crippen MR) is 94.3 cm³/mol. The van der Waals surface area contributed by atoms with Crippen LogP contribution < -0.4 is 10.6 Å². The lowest BCUT2D eigenvalue weighted by Crippen LogP contribution is -2.02. The van der Waals surface area contributed by atoms with Crippen molar-refractivity contribution in [1.82, 2.24) is 15.0 Å². The molecule has 2 N–H and O–H groups in total. The lowest BCUT2D eigenvalue weighted by molar-refractivity contribution is 1.14. The molecule has 116 valence electrons. The number of rotatable bonds is 4. The normalized spacial score (nSPS) is 10.4. The molecule has 0 saturated carbocycles. The number of nitrogens with zero attached hydrogens (tertiary/aromatic N) is 3. The molecule has 0 fully saturated rings. The summed E-state index contributed by atoms with van der Waals surface area (Å²) in [6.45, 7) is 2.00. The maximum atomic E-state index is 6.28. The molecule has 1 aromatic carbocycles. The molecule has 3 rings (SSSR count). The molecule has 23 heavy (non-hydrogen) atoms. The number of nitrogens with one attached hydrogen (secondary N) is 2. The van der Waals surface area contributed by atoms with Crippen LogP contribution in [0.1, 0.15) is 5.56 Å². The summed E-state index contributed by atoms with van der Waals surface area (Å²) in [7, 11) is 1.78. The number of benzene rings is 1. The van der Waals surface area contributed by atoms with E-state index in [1.165, 1.54) is 0 Å². The summed E-state index contributed by atoms with van der Waals surface area (Å²) < 4.78 is 0. The Hall–Kier alpha value is -2.66. The third-order valence-electron chi connectivity index (χ3n) is 3.26. The molecule has 0 atom stereocenters. The number of halogens is 1. The number of hydrogen-bond donors (Lipinski definition) is 2. The van der Waals surface area contributed by atoms with Gasteiger partial charge in [0.1, 0.15) is 5.82 Å². The van der Waals surface area contributed by atoms with Gasteiger partial charge in [0, 0.05) is 19.3 Å². The van der Waals surface area contributed by atoms with Crippen LogP contribution in [0, 0.1) is 6.92 Å². The second-order valence-electron chi connectivity index (χ2n) is 5.04. The molecule has 0 aliphatic rings. The number of aromatic nitrogens is 3. The number of hydrogen-bond acceptors (Lipinski definition) is 5. The lowest BCUT2D eigenvalue weighted by Gasteiger charge is -2.11. The summed E-state index contributed by atoms with van der Waals surface area (Å²) in [6, 6.07) is 13.4. The Bertz CT molecular complexity index is 820. The van der Waals surface area contributed by atoms with Gasteiger partial charge in [0.15, 0.2) is 0 Å². The molecule has 0 aliphatic carbocycles. The summed E-state index contributed by atoms with van der Waals surface area (Å²) in [5, 5.41) is 6.84. The van der Waals surface area contributed by atoms with Gasteiger partial charge in [0.2, 0.25) is 5.95 Å². The minimum atomic E-state index is 0.513. The molecule has 0 radical (unpaired) electrons. The zero-order chi connectivity index (χ0) is 16.2. The van der Waals surface area contributed by atoms with Crippen LogP contribution in [0.5, 0.6) is 0 Å². The zero-order valence-corrected chi connectivity index (χ0v) is 13.6. The van der Waals surface area contributed by atoms with E-state index in [2.05, 4.69) is 25.6 Å². The van der Waals surface area contributed by atoms with E-state index in [0.717, 1.165) is 22.6 Å². The maximum Gasteiger partial charge on any atom is 0.225 e. The van der Waals surface area contributed by atoms with Crippen molar-refractivity contribution in [2.75, 3.05) is 17.7 Å². The fourth-order valence-corrected chi connectivity index (χ4v) is 2.41. The quantitative estimate of drug-likeness (QED) is 0.749. The highest BCUT2D eigenvalue weighted by molar-refractivity contribution is 6.33. The van der Waals surface area contributed by atoms with Gasteiger partial charge >= 0.3 is 0 Å².